The molecular formula is C12H21N3O2. The Bertz CT molecular complexity index is 342. The zero-order chi connectivity index (χ0) is 12.7. The molecular weight excluding hydrogens is 218 g/mol. The summed E-state index contributed by atoms with van der Waals surface area (Å²) >= 11 is 0. The first-order valence-corrected chi connectivity index (χ1v) is 5.80. The van der Waals surface area contributed by atoms with Crippen molar-refractivity contribution in [1.82, 2.24) is 9.97 Å². The topological polar surface area (TPSA) is 56.3 Å². The van der Waals surface area contributed by atoms with E-state index in [1.807, 2.05) is 13.8 Å². The van der Waals surface area contributed by atoms with Crippen LogP contribution in [0.3, 0.4) is 0 Å². The number of hydrogen-bond acceptors (Lipinski definition) is 5. The second-order valence-corrected chi connectivity index (χ2v) is 4.51. The Labute approximate surface area is 103 Å². The third kappa shape index (κ3) is 4.99. The second kappa shape index (κ2) is 6.39. The van der Waals surface area contributed by atoms with Crippen molar-refractivity contribution >= 4 is 5.95 Å². The fourth-order valence-electron chi connectivity index (χ4n) is 1.39. The first-order chi connectivity index (χ1) is 8.07. The molecule has 0 aliphatic heterocycles. The first kappa shape index (κ1) is 13.7. The van der Waals surface area contributed by atoms with E-state index in [0.29, 0.717) is 25.0 Å². The molecule has 0 fully saturated rings. The predicted octanol–water partition coefficient (Wildman–Crippen LogP) is 2.10. The smallest absolute Gasteiger partial charge is 0.226 e. The molecule has 96 valence electrons. The number of anilines is 1. The van der Waals surface area contributed by atoms with Crippen molar-refractivity contribution in [2.24, 2.45) is 0 Å². The standard InChI is InChI=1S/C12H21N3O2/c1-5-8-17-10-6-7-13-11(14-10)15-12(2,3)9-16-4/h6-7H,5,8-9H2,1-4H3,(H,13,14,15). The van der Waals surface area contributed by atoms with E-state index in [9.17, 15) is 0 Å². The van der Waals surface area contributed by atoms with Gasteiger partial charge in [0.2, 0.25) is 11.8 Å². The van der Waals surface area contributed by atoms with Gasteiger partial charge in [-0.15, -0.1) is 0 Å². The molecule has 1 rings (SSSR count). The average molecular weight is 239 g/mol. The highest BCUT2D eigenvalue weighted by molar-refractivity contribution is 5.30. The van der Waals surface area contributed by atoms with Gasteiger partial charge in [0, 0.05) is 19.4 Å². The molecule has 0 aromatic carbocycles. The van der Waals surface area contributed by atoms with E-state index >= 15 is 0 Å². The van der Waals surface area contributed by atoms with Crippen molar-refractivity contribution < 1.29 is 9.47 Å². The Balaban J connectivity index is 2.64. The van der Waals surface area contributed by atoms with E-state index in [1.165, 1.54) is 0 Å². The number of nitrogens with one attached hydrogen (secondary N) is 1. The van der Waals surface area contributed by atoms with Crippen molar-refractivity contribution in [3.63, 3.8) is 0 Å². The van der Waals surface area contributed by atoms with Crippen molar-refractivity contribution in [3.05, 3.63) is 12.3 Å². The molecule has 1 aromatic rings. The maximum atomic E-state index is 5.45. The van der Waals surface area contributed by atoms with Crippen LogP contribution < -0.4 is 10.1 Å². The van der Waals surface area contributed by atoms with E-state index in [0.717, 1.165) is 6.42 Å². The third-order valence-corrected chi connectivity index (χ3v) is 2.04. The molecule has 17 heavy (non-hydrogen) atoms. The van der Waals surface area contributed by atoms with Crippen LogP contribution in [0.4, 0.5) is 5.95 Å². The van der Waals surface area contributed by atoms with Crippen LogP contribution in [0.5, 0.6) is 5.88 Å². The highest BCUT2D eigenvalue weighted by Gasteiger charge is 2.18. The summed E-state index contributed by atoms with van der Waals surface area (Å²) in [5.41, 5.74) is -0.210. The minimum atomic E-state index is -0.210. The average Bonchev–Trinajstić information content (AvgIpc) is 2.26. The SMILES string of the molecule is CCCOc1ccnc(NC(C)(C)COC)n1. The minimum Gasteiger partial charge on any atom is -0.478 e. The highest BCUT2D eigenvalue weighted by Crippen LogP contribution is 2.14. The fraction of sp³-hybridized carbons (Fsp3) is 0.667. The summed E-state index contributed by atoms with van der Waals surface area (Å²) in [4.78, 5) is 8.43. The molecule has 0 bridgehead atoms. The molecule has 0 spiro atoms. The Kier molecular flexibility index (Phi) is 5.15. The lowest BCUT2D eigenvalue weighted by atomic mass is 10.1. The van der Waals surface area contributed by atoms with Crippen molar-refractivity contribution in [3.8, 4) is 5.88 Å². The lowest BCUT2D eigenvalue weighted by Gasteiger charge is -2.25. The molecule has 0 atom stereocenters. The van der Waals surface area contributed by atoms with Crippen LogP contribution in [0.25, 0.3) is 0 Å². The predicted molar refractivity (Wildman–Crippen MR) is 67.4 cm³/mol. The summed E-state index contributed by atoms with van der Waals surface area (Å²) < 4.78 is 10.6. The number of ether oxygens (including phenoxy) is 2. The molecule has 5 nitrogen and oxygen atoms in total. The molecule has 0 aliphatic carbocycles. The van der Waals surface area contributed by atoms with Crippen LogP contribution in [0.15, 0.2) is 12.3 Å². The molecule has 0 saturated carbocycles. The van der Waals surface area contributed by atoms with Gasteiger partial charge >= 0.3 is 0 Å². The number of nitrogens with zero attached hydrogens (tertiary/aromatic N) is 2. The van der Waals surface area contributed by atoms with E-state index in [2.05, 4.69) is 22.2 Å². The van der Waals surface area contributed by atoms with Crippen LogP contribution >= 0.6 is 0 Å². The zero-order valence-electron chi connectivity index (χ0n) is 11.0. The van der Waals surface area contributed by atoms with Gasteiger partial charge in [-0.3, -0.25) is 0 Å². The Morgan fingerprint density at radius 3 is 2.82 bits per heavy atom. The van der Waals surface area contributed by atoms with Gasteiger partial charge in [0.15, 0.2) is 0 Å². The molecule has 1 N–H and O–H groups in total. The Morgan fingerprint density at radius 2 is 2.18 bits per heavy atom. The summed E-state index contributed by atoms with van der Waals surface area (Å²) in [7, 11) is 1.67. The number of methoxy groups -OCH3 is 1. The molecule has 5 heteroatoms. The molecule has 1 heterocycles. The largest absolute Gasteiger partial charge is 0.478 e. The summed E-state index contributed by atoms with van der Waals surface area (Å²) in [6, 6.07) is 1.75. The number of hydrogen-bond donors (Lipinski definition) is 1. The third-order valence-electron chi connectivity index (χ3n) is 2.04. The molecule has 0 radical (unpaired) electrons. The van der Waals surface area contributed by atoms with Crippen molar-refractivity contribution in [2.45, 2.75) is 32.7 Å². The molecule has 1 aromatic heterocycles. The highest BCUT2D eigenvalue weighted by atomic mass is 16.5. The maximum absolute atomic E-state index is 5.45. The zero-order valence-corrected chi connectivity index (χ0v) is 11.0. The second-order valence-electron chi connectivity index (χ2n) is 4.51. The van der Waals surface area contributed by atoms with Crippen LogP contribution in [0.1, 0.15) is 27.2 Å². The summed E-state index contributed by atoms with van der Waals surface area (Å²) in [6.07, 6.45) is 2.64. The van der Waals surface area contributed by atoms with Gasteiger partial charge in [-0.05, 0) is 20.3 Å². The fourth-order valence-corrected chi connectivity index (χ4v) is 1.39. The van der Waals surface area contributed by atoms with Crippen LogP contribution in [-0.2, 0) is 4.74 Å². The molecule has 0 saturated heterocycles. The normalized spacial score (nSPS) is 11.3. The quantitative estimate of drug-likeness (QED) is 0.789. The number of rotatable bonds is 7. The molecule has 0 unspecified atom stereocenters. The van der Waals surface area contributed by atoms with Crippen LogP contribution in [0, 0.1) is 0 Å². The number of aromatic nitrogens is 2. The summed E-state index contributed by atoms with van der Waals surface area (Å²) in [5.74, 6) is 1.15. The lowest BCUT2D eigenvalue weighted by molar-refractivity contribution is 0.157. The Morgan fingerprint density at radius 1 is 1.41 bits per heavy atom. The lowest BCUT2D eigenvalue weighted by Crippen LogP contribution is -2.36. The first-order valence-electron chi connectivity index (χ1n) is 5.80. The van der Waals surface area contributed by atoms with E-state index in [1.54, 1.807) is 19.4 Å². The van der Waals surface area contributed by atoms with Gasteiger partial charge in [0.05, 0.1) is 18.8 Å². The van der Waals surface area contributed by atoms with E-state index < -0.39 is 0 Å². The monoisotopic (exact) mass is 239 g/mol. The van der Waals surface area contributed by atoms with E-state index in [-0.39, 0.29) is 5.54 Å². The van der Waals surface area contributed by atoms with Crippen LogP contribution in [0.2, 0.25) is 0 Å². The summed E-state index contributed by atoms with van der Waals surface area (Å²) in [6.45, 7) is 7.36. The van der Waals surface area contributed by atoms with Gasteiger partial charge in [-0.25, -0.2) is 4.98 Å². The maximum Gasteiger partial charge on any atom is 0.226 e. The van der Waals surface area contributed by atoms with Crippen molar-refractivity contribution in [1.29, 1.82) is 0 Å². The van der Waals surface area contributed by atoms with Gasteiger partial charge in [0.1, 0.15) is 0 Å². The van der Waals surface area contributed by atoms with Gasteiger partial charge in [-0.1, -0.05) is 6.92 Å². The summed E-state index contributed by atoms with van der Waals surface area (Å²) in [5, 5.41) is 3.21. The van der Waals surface area contributed by atoms with E-state index in [4.69, 9.17) is 9.47 Å². The Hall–Kier alpha value is -1.36. The minimum absolute atomic E-state index is 0.210. The molecule has 0 aliphatic rings. The van der Waals surface area contributed by atoms with Crippen molar-refractivity contribution in [2.75, 3.05) is 25.6 Å². The van der Waals surface area contributed by atoms with Gasteiger partial charge in [-0.2, -0.15) is 4.98 Å². The molecule has 0 amide bonds. The van der Waals surface area contributed by atoms with Gasteiger partial charge in [0.25, 0.3) is 0 Å². The van der Waals surface area contributed by atoms with Gasteiger partial charge < -0.3 is 14.8 Å². The van der Waals surface area contributed by atoms with Crippen LogP contribution in [-0.4, -0.2) is 35.8 Å².